The molecule has 0 aromatic rings. The summed E-state index contributed by atoms with van der Waals surface area (Å²) in [4.78, 5) is 19.5. The fourth-order valence-electron chi connectivity index (χ4n) is 0.475. The Hall–Kier alpha value is -0.680. The van der Waals surface area contributed by atoms with Crippen molar-refractivity contribution in [3.05, 3.63) is 12.2 Å². The predicted molar refractivity (Wildman–Crippen MR) is 50.4 cm³/mol. The summed E-state index contributed by atoms with van der Waals surface area (Å²) in [5, 5.41) is 0. The van der Waals surface area contributed by atoms with E-state index < -0.39 is 20.3 Å². The molecular weight excluding hydrogens is 209 g/mol. The van der Waals surface area contributed by atoms with Crippen LogP contribution in [0.5, 0.6) is 0 Å². The third kappa shape index (κ3) is 5.88. The quantitative estimate of drug-likeness (QED) is 0.485. The van der Waals surface area contributed by atoms with Gasteiger partial charge in [-0.25, -0.2) is 4.57 Å². The van der Waals surface area contributed by atoms with E-state index in [1.54, 1.807) is 6.92 Å². The first-order valence-electron chi connectivity index (χ1n) is 3.98. The summed E-state index contributed by atoms with van der Waals surface area (Å²) in [5.74, 6) is -0.777. The van der Waals surface area contributed by atoms with Crippen molar-refractivity contribution < 1.29 is 23.3 Å². The van der Waals surface area contributed by atoms with E-state index in [-0.39, 0.29) is 12.2 Å². The number of phosphoric acid groups is 1. The van der Waals surface area contributed by atoms with Gasteiger partial charge in [0.25, 0.3) is 0 Å². The zero-order valence-corrected chi connectivity index (χ0v) is 8.83. The van der Waals surface area contributed by atoms with Gasteiger partial charge in [0.1, 0.15) is 0 Å². The number of carbonyl (C=O) groups excluding carboxylic acids is 1. The third-order valence-electron chi connectivity index (χ3n) is 1.21. The van der Waals surface area contributed by atoms with Crippen LogP contribution in [0.1, 0.15) is 13.3 Å². The highest BCUT2D eigenvalue weighted by Crippen LogP contribution is 2.43. The zero-order valence-electron chi connectivity index (χ0n) is 7.93. The SMILES string of the molecule is C=C(COP(=O)(O)OCCC)C(N)=O. The van der Waals surface area contributed by atoms with Crippen LogP contribution in [-0.4, -0.2) is 24.0 Å². The summed E-state index contributed by atoms with van der Waals surface area (Å²) in [6.07, 6.45) is 0.588. The molecule has 0 heterocycles. The van der Waals surface area contributed by atoms with Gasteiger partial charge >= 0.3 is 7.82 Å². The lowest BCUT2D eigenvalue weighted by Gasteiger charge is -2.11. The standard InChI is InChI=1S/C7H14NO5P/c1-3-4-12-14(10,11)13-5-6(2)7(8)9/h2-5H2,1H3,(H2,8,9)(H,10,11). The second kappa shape index (κ2) is 5.93. The van der Waals surface area contributed by atoms with E-state index in [9.17, 15) is 9.36 Å². The molecular formula is C7H14NO5P. The molecule has 0 aromatic carbocycles. The Morgan fingerprint density at radius 2 is 2.14 bits per heavy atom. The second-order valence-corrected chi connectivity index (χ2v) is 4.00. The predicted octanol–water partition coefficient (Wildman–Crippen LogP) is 0.572. The van der Waals surface area contributed by atoms with Crippen molar-refractivity contribution in [1.29, 1.82) is 0 Å². The van der Waals surface area contributed by atoms with Crippen LogP contribution in [0.15, 0.2) is 12.2 Å². The average Bonchev–Trinajstić information content (AvgIpc) is 2.11. The van der Waals surface area contributed by atoms with Crippen molar-refractivity contribution in [3.8, 4) is 0 Å². The number of rotatable bonds is 7. The van der Waals surface area contributed by atoms with E-state index in [4.69, 9.17) is 10.6 Å². The minimum absolute atomic E-state index is 0.0839. The molecule has 0 bridgehead atoms. The lowest BCUT2D eigenvalue weighted by molar-refractivity contribution is -0.114. The number of hydrogen-bond donors (Lipinski definition) is 2. The van der Waals surface area contributed by atoms with Gasteiger partial charge in [0.15, 0.2) is 0 Å². The van der Waals surface area contributed by atoms with Gasteiger partial charge < -0.3 is 10.6 Å². The van der Waals surface area contributed by atoms with Gasteiger partial charge in [-0.1, -0.05) is 13.5 Å². The van der Waals surface area contributed by atoms with Crippen LogP contribution in [0.2, 0.25) is 0 Å². The highest BCUT2D eigenvalue weighted by atomic mass is 31.2. The van der Waals surface area contributed by atoms with Crippen molar-refractivity contribution in [1.82, 2.24) is 0 Å². The van der Waals surface area contributed by atoms with Crippen LogP contribution in [0.4, 0.5) is 0 Å². The lowest BCUT2D eigenvalue weighted by atomic mass is 10.3. The van der Waals surface area contributed by atoms with E-state index in [0.717, 1.165) is 0 Å². The topological polar surface area (TPSA) is 98.8 Å². The molecule has 6 nitrogen and oxygen atoms in total. The van der Waals surface area contributed by atoms with Crippen molar-refractivity contribution in [2.75, 3.05) is 13.2 Å². The minimum Gasteiger partial charge on any atom is -0.366 e. The Morgan fingerprint density at radius 1 is 1.57 bits per heavy atom. The molecule has 0 saturated carbocycles. The fourth-order valence-corrected chi connectivity index (χ4v) is 1.28. The van der Waals surface area contributed by atoms with Crippen molar-refractivity contribution >= 4 is 13.7 Å². The first kappa shape index (κ1) is 13.3. The van der Waals surface area contributed by atoms with Crippen LogP contribution in [0.25, 0.3) is 0 Å². The maximum atomic E-state index is 11.0. The summed E-state index contributed by atoms with van der Waals surface area (Å²) >= 11 is 0. The Kier molecular flexibility index (Phi) is 5.64. The fraction of sp³-hybridized carbons (Fsp3) is 0.571. The van der Waals surface area contributed by atoms with E-state index in [0.29, 0.717) is 6.42 Å². The third-order valence-corrected chi connectivity index (χ3v) is 2.17. The van der Waals surface area contributed by atoms with Gasteiger partial charge in [0.2, 0.25) is 5.91 Å². The molecule has 3 N–H and O–H groups in total. The first-order chi connectivity index (χ1) is 6.39. The van der Waals surface area contributed by atoms with Gasteiger partial charge in [-0.2, -0.15) is 0 Å². The van der Waals surface area contributed by atoms with Crippen molar-refractivity contribution in [2.45, 2.75) is 13.3 Å². The molecule has 7 heteroatoms. The molecule has 0 radical (unpaired) electrons. The van der Waals surface area contributed by atoms with E-state index in [1.165, 1.54) is 0 Å². The van der Waals surface area contributed by atoms with Gasteiger partial charge in [-0.05, 0) is 6.42 Å². The van der Waals surface area contributed by atoms with Crippen LogP contribution in [-0.2, 0) is 18.4 Å². The Labute approximate surface area is 82.3 Å². The maximum Gasteiger partial charge on any atom is 0.472 e. The normalized spacial score (nSPS) is 14.7. The summed E-state index contributed by atoms with van der Waals surface area (Å²) in [7, 11) is -4.07. The summed E-state index contributed by atoms with van der Waals surface area (Å²) in [6, 6.07) is 0. The first-order valence-corrected chi connectivity index (χ1v) is 5.48. The highest BCUT2D eigenvalue weighted by molar-refractivity contribution is 7.47. The van der Waals surface area contributed by atoms with Gasteiger partial charge in [-0.3, -0.25) is 13.8 Å². The Morgan fingerprint density at radius 3 is 2.57 bits per heavy atom. The number of hydrogen-bond acceptors (Lipinski definition) is 4. The Balaban J connectivity index is 3.93. The number of carbonyl (C=O) groups is 1. The molecule has 0 aliphatic heterocycles. The largest absolute Gasteiger partial charge is 0.472 e. The molecule has 0 spiro atoms. The molecule has 0 aromatic heterocycles. The summed E-state index contributed by atoms with van der Waals surface area (Å²) in [6.45, 7) is 4.73. The highest BCUT2D eigenvalue weighted by Gasteiger charge is 2.21. The van der Waals surface area contributed by atoms with E-state index in [1.807, 2.05) is 0 Å². The van der Waals surface area contributed by atoms with Crippen molar-refractivity contribution in [2.24, 2.45) is 5.73 Å². The second-order valence-electron chi connectivity index (χ2n) is 2.54. The van der Waals surface area contributed by atoms with Crippen molar-refractivity contribution in [3.63, 3.8) is 0 Å². The molecule has 0 aliphatic carbocycles. The van der Waals surface area contributed by atoms with Crippen LogP contribution in [0, 0.1) is 0 Å². The summed E-state index contributed by atoms with van der Waals surface area (Å²) in [5.41, 5.74) is 4.75. The average molecular weight is 223 g/mol. The number of phosphoric ester groups is 1. The van der Waals surface area contributed by atoms with Gasteiger partial charge in [0.05, 0.1) is 13.2 Å². The van der Waals surface area contributed by atoms with Crippen LogP contribution >= 0.6 is 7.82 Å². The minimum atomic E-state index is -4.07. The molecule has 0 fully saturated rings. The lowest BCUT2D eigenvalue weighted by Crippen LogP contribution is -2.16. The molecule has 1 amide bonds. The monoisotopic (exact) mass is 223 g/mol. The van der Waals surface area contributed by atoms with E-state index >= 15 is 0 Å². The number of amides is 1. The molecule has 14 heavy (non-hydrogen) atoms. The zero-order chi connectivity index (χ0) is 11.2. The molecule has 82 valence electrons. The van der Waals surface area contributed by atoms with Gasteiger partial charge in [0, 0.05) is 5.57 Å². The van der Waals surface area contributed by atoms with Crippen LogP contribution in [0.3, 0.4) is 0 Å². The molecule has 1 unspecified atom stereocenters. The molecule has 0 rings (SSSR count). The molecule has 0 saturated heterocycles. The van der Waals surface area contributed by atoms with E-state index in [2.05, 4.69) is 15.6 Å². The van der Waals surface area contributed by atoms with Gasteiger partial charge in [-0.15, -0.1) is 0 Å². The molecule has 1 atom stereocenters. The van der Waals surface area contributed by atoms with Crippen LogP contribution < -0.4 is 5.73 Å². The Bertz CT molecular complexity index is 265. The smallest absolute Gasteiger partial charge is 0.366 e. The molecule has 0 aliphatic rings. The maximum absolute atomic E-state index is 11.0. The number of nitrogens with two attached hydrogens (primary N) is 1. The number of primary amides is 1. The summed E-state index contributed by atoms with van der Waals surface area (Å²) < 4.78 is 20.0.